The molecule has 3 heteroatoms. The van der Waals surface area contributed by atoms with Gasteiger partial charge in [-0.25, -0.2) is 0 Å². The minimum Gasteiger partial charge on any atom is -0.396 e. The van der Waals surface area contributed by atoms with Crippen molar-refractivity contribution in [3.05, 3.63) is 35.9 Å². The molecule has 1 aromatic rings. The van der Waals surface area contributed by atoms with E-state index < -0.39 is 0 Å². The quantitative estimate of drug-likeness (QED) is 0.893. The summed E-state index contributed by atoms with van der Waals surface area (Å²) >= 11 is 0. The maximum Gasteiger partial charge on any atom is 0.0837 e. The topological polar surface area (TPSA) is 38.7 Å². The Bertz CT molecular complexity index is 300. The second kappa shape index (κ2) is 13.1. The molecule has 2 unspecified atom stereocenters. The molecule has 0 amide bonds. The molecule has 0 bridgehead atoms. The number of rotatable bonds is 5. The summed E-state index contributed by atoms with van der Waals surface area (Å²) in [5.74, 6) is 0. The van der Waals surface area contributed by atoms with Gasteiger partial charge in [0.05, 0.1) is 25.4 Å². The van der Waals surface area contributed by atoms with Gasteiger partial charge in [-0.2, -0.15) is 0 Å². The molecule has 2 atom stereocenters. The summed E-state index contributed by atoms with van der Waals surface area (Å²) in [4.78, 5) is 0. The van der Waals surface area contributed by atoms with Gasteiger partial charge in [0, 0.05) is 13.0 Å². The first-order valence-electron chi connectivity index (χ1n) is 7.76. The number of hydrogen-bond acceptors (Lipinski definition) is 3. The van der Waals surface area contributed by atoms with Crippen LogP contribution in [-0.4, -0.2) is 30.5 Å². The van der Waals surface area contributed by atoms with E-state index in [1.807, 2.05) is 45.9 Å². The van der Waals surface area contributed by atoms with Crippen LogP contribution < -0.4 is 0 Å². The molecule has 1 N–H and O–H groups in total. The lowest BCUT2D eigenvalue weighted by atomic mass is 10.1. The van der Waals surface area contributed by atoms with Crippen molar-refractivity contribution in [1.29, 1.82) is 0 Å². The standard InChI is InChI=1S/C13H18O3.2C2H6/c14-7-6-12-8-13(10-16-12)15-9-11-4-2-1-3-5-11;2*1-2/h1-5,12-14H,6-10H2;2*1-2H3. The van der Waals surface area contributed by atoms with Crippen molar-refractivity contribution in [2.24, 2.45) is 0 Å². The molecule has 3 nitrogen and oxygen atoms in total. The highest BCUT2D eigenvalue weighted by Gasteiger charge is 2.25. The van der Waals surface area contributed by atoms with Gasteiger partial charge in [0.2, 0.25) is 0 Å². The number of hydrogen-bond donors (Lipinski definition) is 1. The Morgan fingerprint density at radius 3 is 2.40 bits per heavy atom. The molecular formula is C17H30O3. The Kier molecular flexibility index (Phi) is 12.5. The van der Waals surface area contributed by atoms with E-state index >= 15 is 0 Å². The first-order valence-corrected chi connectivity index (χ1v) is 7.76. The van der Waals surface area contributed by atoms with Crippen molar-refractivity contribution in [2.75, 3.05) is 13.2 Å². The van der Waals surface area contributed by atoms with E-state index in [2.05, 4.69) is 12.1 Å². The second-order valence-corrected chi connectivity index (χ2v) is 4.12. The van der Waals surface area contributed by atoms with E-state index in [9.17, 15) is 0 Å². The van der Waals surface area contributed by atoms with Crippen LogP contribution in [0.1, 0.15) is 46.1 Å². The van der Waals surface area contributed by atoms with Crippen LogP contribution in [0.4, 0.5) is 0 Å². The summed E-state index contributed by atoms with van der Waals surface area (Å²) in [6.45, 7) is 9.48. The third-order valence-electron chi connectivity index (χ3n) is 2.82. The van der Waals surface area contributed by atoms with Crippen LogP contribution in [0.25, 0.3) is 0 Å². The Morgan fingerprint density at radius 2 is 1.80 bits per heavy atom. The Hall–Kier alpha value is -0.900. The zero-order chi connectivity index (χ0) is 15.2. The minimum absolute atomic E-state index is 0.172. The van der Waals surface area contributed by atoms with E-state index in [0.717, 1.165) is 6.42 Å². The molecule has 20 heavy (non-hydrogen) atoms. The average Bonchev–Trinajstić information content (AvgIpc) is 2.98. The summed E-state index contributed by atoms with van der Waals surface area (Å²) < 4.78 is 11.3. The molecule has 0 radical (unpaired) electrons. The normalized spacial score (nSPS) is 20.4. The van der Waals surface area contributed by atoms with Crippen molar-refractivity contribution in [3.63, 3.8) is 0 Å². The van der Waals surface area contributed by atoms with E-state index in [-0.39, 0.29) is 18.8 Å². The summed E-state index contributed by atoms with van der Waals surface area (Å²) in [5, 5.41) is 8.80. The van der Waals surface area contributed by atoms with Gasteiger partial charge in [-0.3, -0.25) is 0 Å². The molecule has 1 fully saturated rings. The van der Waals surface area contributed by atoms with E-state index in [1.54, 1.807) is 0 Å². The lowest BCUT2D eigenvalue weighted by molar-refractivity contribution is 0.0258. The smallest absolute Gasteiger partial charge is 0.0837 e. The Labute approximate surface area is 123 Å². The van der Waals surface area contributed by atoms with Crippen LogP contribution in [0.5, 0.6) is 0 Å². The van der Waals surface area contributed by atoms with Gasteiger partial charge in [0.15, 0.2) is 0 Å². The zero-order valence-corrected chi connectivity index (χ0v) is 13.3. The van der Waals surface area contributed by atoms with Crippen molar-refractivity contribution in [3.8, 4) is 0 Å². The maximum absolute atomic E-state index is 8.80. The highest BCUT2D eigenvalue weighted by molar-refractivity contribution is 5.13. The van der Waals surface area contributed by atoms with Crippen molar-refractivity contribution < 1.29 is 14.6 Å². The molecule has 0 aromatic heterocycles. The van der Waals surface area contributed by atoms with Gasteiger partial charge in [0.1, 0.15) is 0 Å². The van der Waals surface area contributed by atoms with Crippen LogP contribution in [0.3, 0.4) is 0 Å². The molecular weight excluding hydrogens is 252 g/mol. The van der Waals surface area contributed by atoms with Crippen LogP contribution in [0.2, 0.25) is 0 Å². The number of benzene rings is 1. The van der Waals surface area contributed by atoms with Gasteiger partial charge in [-0.15, -0.1) is 0 Å². The van der Waals surface area contributed by atoms with E-state index in [0.29, 0.717) is 19.6 Å². The van der Waals surface area contributed by atoms with Crippen LogP contribution in [0.15, 0.2) is 30.3 Å². The van der Waals surface area contributed by atoms with Gasteiger partial charge in [0.25, 0.3) is 0 Å². The van der Waals surface area contributed by atoms with Gasteiger partial charge < -0.3 is 14.6 Å². The number of ether oxygens (including phenoxy) is 2. The Morgan fingerprint density at radius 1 is 1.15 bits per heavy atom. The molecule has 1 aliphatic heterocycles. The maximum atomic E-state index is 8.80. The molecule has 2 rings (SSSR count). The SMILES string of the molecule is CC.CC.OCCC1CC(OCc2ccccc2)CO1. The lowest BCUT2D eigenvalue weighted by Crippen LogP contribution is -2.13. The fraction of sp³-hybridized carbons (Fsp3) is 0.647. The van der Waals surface area contributed by atoms with E-state index in [4.69, 9.17) is 14.6 Å². The number of aliphatic hydroxyl groups excluding tert-OH is 1. The zero-order valence-electron chi connectivity index (χ0n) is 13.3. The second-order valence-electron chi connectivity index (χ2n) is 4.12. The van der Waals surface area contributed by atoms with Crippen molar-refractivity contribution in [1.82, 2.24) is 0 Å². The van der Waals surface area contributed by atoms with Crippen LogP contribution in [-0.2, 0) is 16.1 Å². The summed E-state index contributed by atoms with van der Waals surface area (Å²) in [6, 6.07) is 10.1. The fourth-order valence-corrected chi connectivity index (χ4v) is 1.92. The molecule has 0 saturated carbocycles. The van der Waals surface area contributed by atoms with Crippen molar-refractivity contribution >= 4 is 0 Å². The monoisotopic (exact) mass is 282 g/mol. The third kappa shape index (κ3) is 7.63. The fourth-order valence-electron chi connectivity index (χ4n) is 1.92. The summed E-state index contributed by atoms with van der Waals surface area (Å²) in [7, 11) is 0. The molecule has 1 aromatic carbocycles. The number of aliphatic hydroxyl groups is 1. The molecule has 0 spiro atoms. The summed E-state index contributed by atoms with van der Waals surface area (Å²) in [6.07, 6.45) is 1.96. The van der Waals surface area contributed by atoms with Gasteiger partial charge in [-0.05, 0) is 12.0 Å². The predicted octanol–water partition coefficient (Wildman–Crippen LogP) is 3.80. The van der Waals surface area contributed by atoms with Gasteiger partial charge >= 0.3 is 0 Å². The van der Waals surface area contributed by atoms with Crippen LogP contribution in [0, 0.1) is 0 Å². The van der Waals surface area contributed by atoms with E-state index in [1.165, 1.54) is 5.56 Å². The predicted molar refractivity (Wildman–Crippen MR) is 83.8 cm³/mol. The average molecular weight is 282 g/mol. The third-order valence-corrected chi connectivity index (χ3v) is 2.82. The Balaban J connectivity index is 0.000000829. The van der Waals surface area contributed by atoms with Gasteiger partial charge in [-0.1, -0.05) is 58.0 Å². The van der Waals surface area contributed by atoms with Crippen LogP contribution >= 0.6 is 0 Å². The highest BCUT2D eigenvalue weighted by Crippen LogP contribution is 2.19. The highest BCUT2D eigenvalue weighted by atomic mass is 16.6. The van der Waals surface area contributed by atoms with Crippen molar-refractivity contribution in [2.45, 2.75) is 59.4 Å². The largest absolute Gasteiger partial charge is 0.396 e. The minimum atomic E-state index is 0.172. The molecule has 0 aliphatic carbocycles. The molecule has 1 aliphatic rings. The first kappa shape index (κ1) is 19.1. The molecule has 116 valence electrons. The molecule has 1 heterocycles. The lowest BCUT2D eigenvalue weighted by Gasteiger charge is -2.10. The molecule has 1 saturated heterocycles. The first-order chi connectivity index (χ1) is 9.88. The summed E-state index contributed by atoms with van der Waals surface area (Å²) in [5.41, 5.74) is 1.19.